The summed E-state index contributed by atoms with van der Waals surface area (Å²) in [5.74, 6) is 0.765. The number of benzene rings is 1. The number of hydrogen-bond acceptors (Lipinski definition) is 4. The van der Waals surface area contributed by atoms with Crippen molar-refractivity contribution in [3.63, 3.8) is 0 Å². The van der Waals surface area contributed by atoms with E-state index in [1.807, 2.05) is 24.3 Å². The molecule has 0 aliphatic rings. The Hall–Kier alpha value is -1.17. The van der Waals surface area contributed by atoms with Gasteiger partial charge in [-0.1, -0.05) is 24.4 Å². The third kappa shape index (κ3) is 6.32. The Morgan fingerprint density at radius 2 is 1.85 bits per heavy atom. The molecule has 0 unspecified atom stereocenters. The van der Waals surface area contributed by atoms with Gasteiger partial charge >= 0.3 is 0 Å². The molecule has 0 aromatic heterocycles. The standard InChI is InChI=1S/C15H25N3OS/c1-17(2)9-6-10-18(3)11-12-19-14-8-5-4-7-13(14)15(16)20/h4-5,7-8H,6,9-12H2,1-3H3,(H2,16,20). The average Bonchev–Trinajstić information content (AvgIpc) is 2.38. The molecule has 0 aliphatic carbocycles. The molecule has 1 rings (SSSR count). The molecule has 0 bridgehead atoms. The molecule has 112 valence electrons. The number of nitrogens with zero attached hydrogens (tertiary/aromatic N) is 2. The van der Waals surface area contributed by atoms with E-state index in [1.54, 1.807) is 0 Å². The molecule has 0 radical (unpaired) electrons. The molecule has 20 heavy (non-hydrogen) atoms. The first-order chi connectivity index (χ1) is 9.50. The fraction of sp³-hybridized carbons (Fsp3) is 0.533. The smallest absolute Gasteiger partial charge is 0.129 e. The van der Waals surface area contributed by atoms with Crippen LogP contribution in [-0.4, -0.2) is 62.2 Å². The monoisotopic (exact) mass is 295 g/mol. The lowest BCUT2D eigenvalue weighted by molar-refractivity contribution is 0.229. The molecule has 0 aliphatic heterocycles. The minimum Gasteiger partial charge on any atom is -0.492 e. The fourth-order valence-electron chi connectivity index (χ4n) is 1.88. The van der Waals surface area contributed by atoms with Crippen molar-refractivity contribution in [2.24, 2.45) is 5.73 Å². The summed E-state index contributed by atoms with van der Waals surface area (Å²) in [7, 11) is 6.30. The molecule has 2 N–H and O–H groups in total. The van der Waals surface area contributed by atoms with E-state index in [1.165, 1.54) is 0 Å². The Morgan fingerprint density at radius 3 is 2.50 bits per heavy atom. The Balaban J connectivity index is 2.32. The van der Waals surface area contributed by atoms with Gasteiger partial charge in [-0.15, -0.1) is 0 Å². The van der Waals surface area contributed by atoms with Gasteiger partial charge in [0.05, 0.1) is 5.56 Å². The summed E-state index contributed by atoms with van der Waals surface area (Å²) < 4.78 is 5.78. The third-order valence-electron chi connectivity index (χ3n) is 3.03. The summed E-state index contributed by atoms with van der Waals surface area (Å²) in [6.07, 6.45) is 1.16. The minimum atomic E-state index is 0.375. The van der Waals surface area contributed by atoms with E-state index >= 15 is 0 Å². The molecule has 5 heteroatoms. The van der Waals surface area contributed by atoms with Crippen LogP contribution in [0.5, 0.6) is 5.75 Å². The number of nitrogens with two attached hydrogens (primary N) is 1. The zero-order valence-corrected chi connectivity index (χ0v) is 13.4. The van der Waals surface area contributed by atoms with Crippen molar-refractivity contribution < 1.29 is 4.74 Å². The summed E-state index contributed by atoms with van der Waals surface area (Å²) in [5.41, 5.74) is 6.48. The molecule has 1 aromatic carbocycles. The maximum atomic E-state index is 5.78. The topological polar surface area (TPSA) is 41.7 Å². The predicted molar refractivity (Wildman–Crippen MR) is 88.5 cm³/mol. The van der Waals surface area contributed by atoms with Gasteiger partial charge in [-0.05, 0) is 52.8 Å². The maximum Gasteiger partial charge on any atom is 0.129 e. The molecule has 0 atom stereocenters. The van der Waals surface area contributed by atoms with Crippen LogP contribution in [0.1, 0.15) is 12.0 Å². The Labute approximate surface area is 127 Å². The number of ether oxygens (including phenoxy) is 1. The number of thiocarbonyl (C=S) groups is 1. The van der Waals surface area contributed by atoms with E-state index in [9.17, 15) is 0 Å². The molecular formula is C15H25N3OS. The summed E-state index contributed by atoms with van der Waals surface area (Å²) in [4.78, 5) is 4.84. The molecule has 0 spiro atoms. The predicted octanol–water partition coefficient (Wildman–Crippen LogP) is 1.58. The summed E-state index contributed by atoms with van der Waals surface area (Å²) in [6.45, 7) is 3.70. The Kier molecular flexibility index (Phi) is 7.51. The van der Waals surface area contributed by atoms with E-state index < -0.39 is 0 Å². The van der Waals surface area contributed by atoms with Crippen LogP contribution in [0.15, 0.2) is 24.3 Å². The zero-order valence-electron chi connectivity index (χ0n) is 12.6. The highest BCUT2D eigenvalue weighted by Crippen LogP contribution is 2.17. The van der Waals surface area contributed by atoms with E-state index in [0.29, 0.717) is 11.6 Å². The largest absolute Gasteiger partial charge is 0.492 e. The lowest BCUT2D eigenvalue weighted by atomic mass is 10.2. The van der Waals surface area contributed by atoms with Crippen LogP contribution in [0, 0.1) is 0 Å². The van der Waals surface area contributed by atoms with Crippen molar-refractivity contribution >= 4 is 17.2 Å². The Morgan fingerprint density at radius 1 is 1.15 bits per heavy atom. The van der Waals surface area contributed by atoms with Crippen LogP contribution in [-0.2, 0) is 0 Å². The number of para-hydroxylation sites is 1. The van der Waals surface area contributed by atoms with Gasteiger partial charge in [0.1, 0.15) is 17.3 Å². The van der Waals surface area contributed by atoms with Crippen molar-refractivity contribution in [3.8, 4) is 5.75 Å². The van der Waals surface area contributed by atoms with Gasteiger partial charge in [0, 0.05) is 6.54 Å². The number of rotatable bonds is 9. The summed E-state index contributed by atoms with van der Waals surface area (Å²) >= 11 is 5.02. The second-order valence-electron chi connectivity index (χ2n) is 5.17. The highest BCUT2D eigenvalue weighted by atomic mass is 32.1. The molecule has 0 fully saturated rings. The first-order valence-corrected chi connectivity index (χ1v) is 7.26. The maximum absolute atomic E-state index is 5.78. The first-order valence-electron chi connectivity index (χ1n) is 6.85. The van der Waals surface area contributed by atoms with Crippen LogP contribution < -0.4 is 10.5 Å². The Bertz CT molecular complexity index is 423. The quantitative estimate of drug-likeness (QED) is 0.701. The highest BCUT2D eigenvalue weighted by Gasteiger charge is 2.06. The van der Waals surface area contributed by atoms with E-state index in [0.717, 1.165) is 37.4 Å². The van der Waals surface area contributed by atoms with Crippen LogP contribution in [0.25, 0.3) is 0 Å². The van der Waals surface area contributed by atoms with Gasteiger partial charge in [-0.25, -0.2) is 0 Å². The third-order valence-corrected chi connectivity index (χ3v) is 3.25. The highest BCUT2D eigenvalue weighted by molar-refractivity contribution is 7.80. The molecule has 0 heterocycles. The molecule has 1 aromatic rings. The SMILES string of the molecule is CN(C)CCCN(C)CCOc1ccccc1C(N)=S. The van der Waals surface area contributed by atoms with Crippen molar-refractivity contribution in [3.05, 3.63) is 29.8 Å². The normalized spacial score (nSPS) is 11.1. The summed E-state index contributed by atoms with van der Waals surface area (Å²) in [6, 6.07) is 7.63. The summed E-state index contributed by atoms with van der Waals surface area (Å²) in [5, 5.41) is 0. The van der Waals surface area contributed by atoms with Gasteiger partial charge in [-0.2, -0.15) is 0 Å². The molecular weight excluding hydrogens is 270 g/mol. The lowest BCUT2D eigenvalue weighted by Crippen LogP contribution is -2.28. The average molecular weight is 295 g/mol. The van der Waals surface area contributed by atoms with Gasteiger partial charge in [0.2, 0.25) is 0 Å². The van der Waals surface area contributed by atoms with Gasteiger partial charge in [-0.3, -0.25) is 0 Å². The van der Waals surface area contributed by atoms with Crippen LogP contribution >= 0.6 is 12.2 Å². The van der Waals surface area contributed by atoms with Crippen molar-refractivity contribution in [2.75, 3.05) is 47.4 Å². The van der Waals surface area contributed by atoms with Crippen LogP contribution in [0.4, 0.5) is 0 Å². The lowest BCUT2D eigenvalue weighted by Gasteiger charge is -2.18. The van der Waals surface area contributed by atoms with Crippen molar-refractivity contribution in [2.45, 2.75) is 6.42 Å². The molecule has 0 saturated heterocycles. The second-order valence-corrected chi connectivity index (χ2v) is 5.61. The number of hydrogen-bond donors (Lipinski definition) is 1. The second kappa shape index (κ2) is 8.89. The van der Waals surface area contributed by atoms with Gasteiger partial charge in [0.15, 0.2) is 0 Å². The van der Waals surface area contributed by atoms with Gasteiger partial charge in [0.25, 0.3) is 0 Å². The van der Waals surface area contributed by atoms with E-state index in [-0.39, 0.29) is 0 Å². The fourth-order valence-corrected chi connectivity index (χ4v) is 2.04. The molecule has 4 nitrogen and oxygen atoms in total. The van der Waals surface area contributed by atoms with Crippen molar-refractivity contribution in [1.29, 1.82) is 0 Å². The van der Waals surface area contributed by atoms with Crippen LogP contribution in [0.2, 0.25) is 0 Å². The number of likely N-dealkylation sites (N-methyl/N-ethyl adjacent to an activating group) is 1. The van der Waals surface area contributed by atoms with E-state index in [4.69, 9.17) is 22.7 Å². The molecule has 0 saturated carbocycles. The van der Waals surface area contributed by atoms with Gasteiger partial charge < -0.3 is 20.3 Å². The first kappa shape index (κ1) is 16.9. The van der Waals surface area contributed by atoms with Crippen LogP contribution in [0.3, 0.4) is 0 Å². The molecule has 0 amide bonds. The minimum absolute atomic E-state index is 0.375. The van der Waals surface area contributed by atoms with E-state index in [2.05, 4.69) is 30.9 Å². The van der Waals surface area contributed by atoms with Crippen molar-refractivity contribution in [1.82, 2.24) is 9.80 Å². The zero-order chi connectivity index (χ0) is 15.0.